The summed E-state index contributed by atoms with van der Waals surface area (Å²) < 4.78 is 1.50. The fourth-order valence-electron chi connectivity index (χ4n) is 2.26. The van der Waals surface area contributed by atoms with E-state index in [-0.39, 0.29) is 12.5 Å². The van der Waals surface area contributed by atoms with Crippen molar-refractivity contribution >= 4 is 11.6 Å². The molecule has 0 aliphatic carbocycles. The highest BCUT2D eigenvalue weighted by Gasteiger charge is 2.12. The van der Waals surface area contributed by atoms with Crippen LogP contribution in [0.1, 0.15) is 11.1 Å². The predicted molar refractivity (Wildman–Crippen MR) is 87.8 cm³/mol. The average Bonchev–Trinajstić information content (AvgIpc) is 2.98. The number of nitrogens with one attached hydrogen (secondary N) is 1. The van der Waals surface area contributed by atoms with E-state index >= 15 is 0 Å². The van der Waals surface area contributed by atoms with Crippen molar-refractivity contribution in [3.63, 3.8) is 0 Å². The average molecular weight is 307 g/mol. The van der Waals surface area contributed by atoms with Crippen molar-refractivity contribution in [2.45, 2.75) is 20.4 Å². The Morgan fingerprint density at radius 3 is 2.57 bits per heavy atom. The van der Waals surface area contributed by atoms with E-state index in [9.17, 15) is 4.79 Å². The predicted octanol–water partition coefficient (Wildman–Crippen LogP) is 2.60. The number of aryl methyl sites for hydroxylation is 2. The Hall–Kier alpha value is -3.02. The van der Waals surface area contributed by atoms with Gasteiger partial charge in [0.1, 0.15) is 6.54 Å². The van der Waals surface area contributed by atoms with Gasteiger partial charge in [0.2, 0.25) is 5.91 Å². The molecule has 0 aliphatic rings. The minimum absolute atomic E-state index is 0.0601. The summed E-state index contributed by atoms with van der Waals surface area (Å²) in [6.45, 7) is 4.03. The van der Waals surface area contributed by atoms with Gasteiger partial charge in [-0.1, -0.05) is 48.0 Å². The molecule has 0 bridgehead atoms. The summed E-state index contributed by atoms with van der Waals surface area (Å²) in [5.41, 5.74) is 3.84. The van der Waals surface area contributed by atoms with E-state index < -0.39 is 0 Å². The van der Waals surface area contributed by atoms with Crippen LogP contribution in [0, 0.1) is 13.8 Å². The molecular weight excluding hydrogens is 290 g/mol. The lowest BCUT2D eigenvalue weighted by Gasteiger charge is -2.09. The lowest BCUT2D eigenvalue weighted by molar-refractivity contribution is -0.116. The summed E-state index contributed by atoms with van der Waals surface area (Å²) >= 11 is 0. The van der Waals surface area contributed by atoms with Crippen molar-refractivity contribution in [1.82, 2.24) is 20.2 Å². The van der Waals surface area contributed by atoms with Crippen molar-refractivity contribution in [3.05, 3.63) is 59.7 Å². The highest BCUT2D eigenvalue weighted by molar-refractivity contribution is 5.91. The second-order valence-corrected chi connectivity index (χ2v) is 5.39. The third-order valence-electron chi connectivity index (χ3n) is 3.55. The number of tetrazole rings is 1. The second kappa shape index (κ2) is 6.39. The largest absolute Gasteiger partial charge is 0.324 e. The summed E-state index contributed by atoms with van der Waals surface area (Å²) in [4.78, 5) is 12.2. The number of aromatic nitrogens is 4. The Morgan fingerprint density at radius 1 is 1.09 bits per heavy atom. The number of carbonyl (C=O) groups excluding carboxylic acids is 1. The lowest BCUT2D eigenvalue weighted by Crippen LogP contribution is -2.20. The van der Waals surface area contributed by atoms with Crippen LogP contribution in [-0.2, 0) is 11.3 Å². The third-order valence-corrected chi connectivity index (χ3v) is 3.55. The molecule has 0 aliphatic heterocycles. The van der Waals surface area contributed by atoms with Gasteiger partial charge in [0.05, 0.1) is 0 Å². The van der Waals surface area contributed by atoms with Crippen LogP contribution < -0.4 is 5.32 Å². The molecule has 116 valence electrons. The van der Waals surface area contributed by atoms with Gasteiger partial charge in [-0.05, 0) is 35.9 Å². The minimum atomic E-state index is -0.167. The van der Waals surface area contributed by atoms with E-state index in [0.717, 1.165) is 22.4 Å². The Bertz CT molecular complexity index is 823. The molecule has 0 saturated heterocycles. The summed E-state index contributed by atoms with van der Waals surface area (Å²) in [5, 5.41) is 14.5. The molecule has 3 aromatic rings. The van der Waals surface area contributed by atoms with Gasteiger partial charge in [-0.25, -0.2) is 4.68 Å². The van der Waals surface area contributed by atoms with E-state index in [1.807, 2.05) is 62.4 Å². The minimum Gasteiger partial charge on any atom is -0.324 e. The maximum absolute atomic E-state index is 12.2. The van der Waals surface area contributed by atoms with Gasteiger partial charge in [0, 0.05) is 11.3 Å². The number of hydrogen-bond acceptors (Lipinski definition) is 4. The molecule has 1 heterocycles. The molecule has 0 radical (unpaired) electrons. The Kier molecular flexibility index (Phi) is 4.14. The van der Waals surface area contributed by atoms with Gasteiger partial charge < -0.3 is 5.32 Å². The fraction of sp³-hybridized carbons (Fsp3) is 0.176. The van der Waals surface area contributed by atoms with E-state index in [2.05, 4.69) is 20.8 Å². The van der Waals surface area contributed by atoms with E-state index in [0.29, 0.717) is 5.82 Å². The number of amides is 1. The molecule has 1 aromatic heterocycles. The van der Waals surface area contributed by atoms with Gasteiger partial charge in [-0.3, -0.25) is 4.79 Å². The summed E-state index contributed by atoms with van der Waals surface area (Å²) in [5.74, 6) is 0.407. The highest BCUT2D eigenvalue weighted by Crippen LogP contribution is 2.17. The van der Waals surface area contributed by atoms with E-state index in [1.165, 1.54) is 4.68 Å². The summed E-state index contributed by atoms with van der Waals surface area (Å²) in [6.07, 6.45) is 0. The molecule has 0 fully saturated rings. The second-order valence-electron chi connectivity index (χ2n) is 5.39. The number of rotatable bonds is 4. The topological polar surface area (TPSA) is 72.7 Å². The van der Waals surface area contributed by atoms with Gasteiger partial charge in [0.25, 0.3) is 0 Å². The van der Waals surface area contributed by atoms with Crippen LogP contribution in [0.3, 0.4) is 0 Å². The van der Waals surface area contributed by atoms with Crippen LogP contribution in [0.4, 0.5) is 5.69 Å². The molecule has 0 spiro atoms. The van der Waals surface area contributed by atoms with Crippen LogP contribution in [0.5, 0.6) is 0 Å². The summed E-state index contributed by atoms with van der Waals surface area (Å²) in [7, 11) is 0. The molecule has 23 heavy (non-hydrogen) atoms. The molecular formula is C17H17N5O. The van der Waals surface area contributed by atoms with Crippen molar-refractivity contribution in [2.75, 3.05) is 5.32 Å². The zero-order valence-electron chi connectivity index (χ0n) is 13.0. The number of carbonyl (C=O) groups is 1. The molecule has 6 heteroatoms. The first kappa shape index (κ1) is 14.9. The molecule has 6 nitrogen and oxygen atoms in total. The van der Waals surface area contributed by atoms with E-state index in [4.69, 9.17) is 0 Å². The molecule has 0 atom stereocenters. The first-order valence-corrected chi connectivity index (χ1v) is 7.32. The maximum atomic E-state index is 12.2. The standard InChI is InChI=1S/C17H17N5O/c1-12-7-9-14(10-8-12)17-19-20-21-22(17)11-16(23)18-15-6-4-3-5-13(15)2/h3-10H,11H2,1-2H3,(H,18,23). The van der Waals surface area contributed by atoms with Crippen LogP contribution >= 0.6 is 0 Å². The van der Waals surface area contributed by atoms with Crippen LogP contribution in [0.15, 0.2) is 48.5 Å². The smallest absolute Gasteiger partial charge is 0.246 e. The van der Waals surface area contributed by atoms with Gasteiger partial charge in [-0.15, -0.1) is 5.10 Å². The zero-order valence-corrected chi connectivity index (χ0v) is 13.0. The van der Waals surface area contributed by atoms with E-state index in [1.54, 1.807) is 0 Å². The number of para-hydroxylation sites is 1. The third kappa shape index (κ3) is 3.42. The number of nitrogens with zero attached hydrogens (tertiary/aromatic N) is 4. The number of hydrogen-bond donors (Lipinski definition) is 1. The molecule has 0 unspecified atom stereocenters. The normalized spacial score (nSPS) is 10.5. The molecule has 0 saturated carbocycles. The molecule has 2 aromatic carbocycles. The summed E-state index contributed by atoms with van der Waals surface area (Å²) in [6, 6.07) is 15.5. The van der Waals surface area contributed by atoms with Crippen molar-refractivity contribution in [3.8, 4) is 11.4 Å². The highest BCUT2D eigenvalue weighted by atomic mass is 16.2. The maximum Gasteiger partial charge on any atom is 0.246 e. The number of benzene rings is 2. The van der Waals surface area contributed by atoms with Crippen molar-refractivity contribution < 1.29 is 4.79 Å². The first-order chi connectivity index (χ1) is 11.1. The Balaban J connectivity index is 1.76. The monoisotopic (exact) mass is 307 g/mol. The zero-order chi connectivity index (χ0) is 16.2. The van der Waals surface area contributed by atoms with Crippen LogP contribution in [0.25, 0.3) is 11.4 Å². The Morgan fingerprint density at radius 2 is 1.83 bits per heavy atom. The lowest BCUT2D eigenvalue weighted by atomic mass is 10.1. The Labute approximate surface area is 134 Å². The fourth-order valence-corrected chi connectivity index (χ4v) is 2.26. The molecule has 3 rings (SSSR count). The quantitative estimate of drug-likeness (QED) is 0.804. The number of anilines is 1. The van der Waals surface area contributed by atoms with Gasteiger partial charge in [-0.2, -0.15) is 0 Å². The SMILES string of the molecule is Cc1ccc(-c2nnnn2CC(=O)Nc2ccccc2C)cc1. The van der Waals surface area contributed by atoms with Crippen molar-refractivity contribution in [1.29, 1.82) is 0 Å². The van der Waals surface area contributed by atoms with Gasteiger partial charge >= 0.3 is 0 Å². The molecule has 1 amide bonds. The van der Waals surface area contributed by atoms with Crippen LogP contribution in [0.2, 0.25) is 0 Å². The van der Waals surface area contributed by atoms with Crippen LogP contribution in [-0.4, -0.2) is 26.1 Å². The van der Waals surface area contributed by atoms with Gasteiger partial charge in [0.15, 0.2) is 5.82 Å². The molecule has 1 N–H and O–H groups in total. The first-order valence-electron chi connectivity index (χ1n) is 7.32. The van der Waals surface area contributed by atoms with Crippen molar-refractivity contribution in [2.24, 2.45) is 0 Å².